The first-order valence-corrected chi connectivity index (χ1v) is 6.85. The van der Waals surface area contributed by atoms with Gasteiger partial charge in [0.05, 0.1) is 10.6 Å². The predicted octanol–water partition coefficient (Wildman–Crippen LogP) is 2.14. The summed E-state index contributed by atoms with van der Waals surface area (Å²) in [5.41, 5.74) is 1.73. The van der Waals surface area contributed by atoms with Crippen molar-refractivity contribution in [2.75, 3.05) is 6.26 Å². The summed E-state index contributed by atoms with van der Waals surface area (Å²) in [7, 11) is -3.14. The maximum absolute atomic E-state index is 11.3. The monoisotopic (exact) mass is 254 g/mol. The molecule has 0 fully saturated rings. The molecule has 1 heterocycles. The van der Waals surface area contributed by atoms with Gasteiger partial charge in [0.1, 0.15) is 0 Å². The Morgan fingerprint density at radius 1 is 1.19 bits per heavy atom. The van der Waals surface area contributed by atoms with Crippen molar-refractivity contribution >= 4 is 22.1 Å². The molecule has 6 heteroatoms. The van der Waals surface area contributed by atoms with Crippen LogP contribution in [0.5, 0.6) is 0 Å². The van der Waals surface area contributed by atoms with Gasteiger partial charge in [0.2, 0.25) is 0 Å². The molecule has 0 aliphatic rings. The molecule has 2 N–H and O–H groups in total. The predicted molar refractivity (Wildman–Crippen MR) is 64.5 cm³/mol. The Morgan fingerprint density at radius 3 is 2.25 bits per heavy atom. The van der Waals surface area contributed by atoms with Crippen molar-refractivity contribution < 1.29 is 8.42 Å². The van der Waals surface area contributed by atoms with Crippen LogP contribution in [0.4, 0.5) is 0 Å². The van der Waals surface area contributed by atoms with E-state index in [1.54, 1.807) is 30.5 Å². The van der Waals surface area contributed by atoms with Gasteiger partial charge in [-0.05, 0) is 29.9 Å². The summed E-state index contributed by atoms with van der Waals surface area (Å²) in [5, 5.41) is 0. The fourth-order valence-electron chi connectivity index (χ4n) is 1.37. The number of aromatic amines is 2. The molecule has 0 aliphatic heterocycles. The van der Waals surface area contributed by atoms with Gasteiger partial charge in [-0.15, -0.1) is 0 Å². The van der Waals surface area contributed by atoms with Gasteiger partial charge in [0, 0.05) is 12.5 Å². The number of imidazole rings is 1. The van der Waals surface area contributed by atoms with Gasteiger partial charge in [-0.3, -0.25) is 0 Å². The van der Waals surface area contributed by atoms with E-state index >= 15 is 0 Å². The van der Waals surface area contributed by atoms with Crippen LogP contribution < -0.4 is 0 Å². The summed E-state index contributed by atoms with van der Waals surface area (Å²) in [4.78, 5) is 6.12. The van der Waals surface area contributed by atoms with Gasteiger partial charge in [0.25, 0.3) is 0 Å². The van der Waals surface area contributed by atoms with Crippen LogP contribution >= 0.6 is 12.2 Å². The van der Waals surface area contributed by atoms with Crippen molar-refractivity contribution in [2.45, 2.75) is 4.90 Å². The minimum atomic E-state index is -3.14. The van der Waals surface area contributed by atoms with Crippen LogP contribution in [0.3, 0.4) is 0 Å². The first kappa shape index (κ1) is 11.1. The number of rotatable bonds is 2. The van der Waals surface area contributed by atoms with Crippen molar-refractivity contribution in [3.05, 3.63) is 35.2 Å². The summed E-state index contributed by atoms with van der Waals surface area (Å²) in [6.45, 7) is 0. The van der Waals surface area contributed by atoms with Crippen LogP contribution in [-0.4, -0.2) is 24.6 Å². The van der Waals surface area contributed by atoms with Gasteiger partial charge in [-0.2, -0.15) is 0 Å². The smallest absolute Gasteiger partial charge is 0.175 e. The van der Waals surface area contributed by atoms with Crippen molar-refractivity contribution in [2.24, 2.45) is 0 Å². The first-order chi connectivity index (χ1) is 7.47. The summed E-state index contributed by atoms with van der Waals surface area (Å²) < 4.78 is 23.1. The molecule has 0 spiro atoms. The lowest BCUT2D eigenvalue weighted by atomic mass is 10.2. The van der Waals surface area contributed by atoms with Crippen LogP contribution in [0.2, 0.25) is 0 Å². The Balaban J connectivity index is 2.44. The van der Waals surface area contributed by atoms with Gasteiger partial charge in [-0.25, -0.2) is 8.42 Å². The molecule has 0 amide bonds. The van der Waals surface area contributed by atoms with E-state index in [0.717, 1.165) is 11.3 Å². The average Bonchev–Trinajstić information content (AvgIpc) is 2.64. The SMILES string of the molecule is CS(=O)(=O)c1ccc(-c2c[nH]c(=S)[nH]2)cc1. The lowest BCUT2D eigenvalue weighted by molar-refractivity contribution is 0.602. The van der Waals surface area contributed by atoms with E-state index in [9.17, 15) is 8.42 Å². The third-order valence-corrected chi connectivity index (χ3v) is 3.54. The Morgan fingerprint density at radius 2 is 1.81 bits per heavy atom. The molecule has 2 rings (SSSR count). The molecule has 84 valence electrons. The number of sulfone groups is 1. The zero-order chi connectivity index (χ0) is 11.8. The van der Waals surface area contributed by atoms with Gasteiger partial charge < -0.3 is 9.97 Å². The van der Waals surface area contributed by atoms with Crippen molar-refractivity contribution in [1.82, 2.24) is 9.97 Å². The van der Waals surface area contributed by atoms with Crippen LogP contribution in [-0.2, 0) is 9.84 Å². The largest absolute Gasteiger partial charge is 0.337 e. The van der Waals surface area contributed by atoms with Crippen LogP contribution in [0, 0.1) is 4.77 Å². The normalized spacial score (nSPS) is 11.6. The second-order valence-corrected chi connectivity index (χ2v) is 5.88. The molecule has 4 nitrogen and oxygen atoms in total. The minimum Gasteiger partial charge on any atom is -0.337 e. The van der Waals surface area contributed by atoms with Gasteiger partial charge >= 0.3 is 0 Å². The molecule has 0 saturated heterocycles. The van der Waals surface area contributed by atoms with E-state index in [0.29, 0.717) is 9.67 Å². The third-order valence-electron chi connectivity index (χ3n) is 2.19. The summed E-state index contributed by atoms with van der Waals surface area (Å²) in [6, 6.07) is 6.64. The number of benzene rings is 1. The lowest BCUT2D eigenvalue weighted by Gasteiger charge is -2.00. The second-order valence-electron chi connectivity index (χ2n) is 3.45. The van der Waals surface area contributed by atoms with Gasteiger partial charge in [-0.1, -0.05) is 12.1 Å². The summed E-state index contributed by atoms with van der Waals surface area (Å²) in [6.07, 6.45) is 2.93. The number of nitrogens with one attached hydrogen (secondary N) is 2. The fraction of sp³-hybridized carbons (Fsp3) is 0.100. The van der Waals surface area contributed by atoms with Crippen molar-refractivity contribution in [3.63, 3.8) is 0 Å². The Labute approximate surface area is 98.3 Å². The number of hydrogen-bond donors (Lipinski definition) is 2. The zero-order valence-corrected chi connectivity index (χ0v) is 10.2. The average molecular weight is 254 g/mol. The third kappa shape index (κ3) is 2.23. The van der Waals surface area contributed by atoms with E-state index in [-0.39, 0.29) is 0 Å². The van der Waals surface area contributed by atoms with Gasteiger partial charge in [0.15, 0.2) is 14.6 Å². The van der Waals surface area contributed by atoms with E-state index in [1.165, 1.54) is 6.26 Å². The number of H-pyrrole nitrogens is 2. The highest BCUT2D eigenvalue weighted by Crippen LogP contribution is 2.18. The molecular formula is C10H10N2O2S2. The molecule has 2 aromatic rings. The summed E-state index contributed by atoms with van der Waals surface area (Å²) >= 11 is 4.91. The van der Waals surface area contributed by atoms with E-state index in [1.807, 2.05) is 0 Å². The molecule has 0 atom stereocenters. The molecular weight excluding hydrogens is 244 g/mol. The zero-order valence-electron chi connectivity index (χ0n) is 8.52. The first-order valence-electron chi connectivity index (χ1n) is 4.55. The summed E-state index contributed by atoms with van der Waals surface area (Å²) in [5.74, 6) is 0. The lowest BCUT2D eigenvalue weighted by Crippen LogP contribution is -1.96. The maximum Gasteiger partial charge on any atom is 0.175 e. The quantitative estimate of drug-likeness (QED) is 0.807. The van der Waals surface area contributed by atoms with E-state index < -0.39 is 9.84 Å². The molecule has 0 bridgehead atoms. The van der Waals surface area contributed by atoms with E-state index in [2.05, 4.69) is 9.97 Å². The molecule has 0 saturated carbocycles. The fourth-order valence-corrected chi connectivity index (χ4v) is 2.17. The molecule has 0 radical (unpaired) electrons. The van der Waals surface area contributed by atoms with Crippen molar-refractivity contribution in [3.8, 4) is 11.3 Å². The molecule has 1 aromatic carbocycles. The Hall–Kier alpha value is -1.40. The van der Waals surface area contributed by atoms with Crippen LogP contribution in [0.15, 0.2) is 35.4 Å². The van der Waals surface area contributed by atoms with E-state index in [4.69, 9.17) is 12.2 Å². The Bertz CT molecular complexity index is 651. The van der Waals surface area contributed by atoms with Crippen LogP contribution in [0.25, 0.3) is 11.3 Å². The second kappa shape index (κ2) is 3.88. The van der Waals surface area contributed by atoms with Crippen LogP contribution in [0.1, 0.15) is 0 Å². The highest BCUT2D eigenvalue weighted by molar-refractivity contribution is 7.90. The highest BCUT2D eigenvalue weighted by Gasteiger charge is 2.06. The van der Waals surface area contributed by atoms with Crippen molar-refractivity contribution in [1.29, 1.82) is 0 Å². The minimum absolute atomic E-state index is 0.311. The molecule has 0 unspecified atom stereocenters. The number of hydrogen-bond acceptors (Lipinski definition) is 3. The molecule has 1 aromatic heterocycles. The topological polar surface area (TPSA) is 65.7 Å². The Kier molecular flexibility index (Phi) is 2.69. The number of aromatic nitrogens is 2. The molecule has 16 heavy (non-hydrogen) atoms. The maximum atomic E-state index is 11.3. The highest BCUT2D eigenvalue weighted by atomic mass is 32.2. The molecule has 0 aliphatic carbocycles. The standard InChI is InChI=1S/C10H10N2O2S2/c1-16(13,14)8-4-2-7(3-5-8)9-6-11-10(15)12-9/h2-6H,1H3,(H2,11,12,15).